The normalized spacial score (nSPS) is 12.7. The highest BCUT2D eigenvalue weighted by Gasteiger charge is 2.16. The lowest BCUT2D eigenvalue weighted by Crippen LogP contribution is -2.42. The first-order chi connectivity index (χ1) is 11.0. The second kappa shape index (κ2) is 8.36. The van der Waals surface area contributed by atoms with Crippen LogP contribution in [0, 0.1) is 5.92 Å². The van der Waals surface area contributed by atoms with Crippen LogP contribution in [-0.2, 0) is 17.1 Å². The van der Waals surface area contributed by atoms with Gasteiger partial charge in [-0.05, 0) is 30.7 Å². The molecule has 5 nitrogen and oxygen atoms in total. The number of nitrogens with two attached hydrogens (primary N) is 1. The molecule has 3 N–H and O–H groups in total. The van der Waals surface area contributed by atoms with Crippen molar-refractivity contribution in [1.29, 1.82) is 0 Å². The molecule has 0 aliphatic rings. The number of hydrogen-bond donors (Lipinski definition) is 2. The van der Waals surface area contributed by atoms with Crippen molar-refractivity contribution in [2.24, 2.45) is 11.7 Å². The van der Waals surface area contributed by atoms with E-state index in [9.17, 15) is 4.79 Å². The number of fused-ring (bicyclic) bond motifs is 1. The van der Waals surface area contributed by atoms with Gasteiger partial charge in [0, 0.05) is 12.6 Å². The lowest BCUT2D eigenvalue weighted by atomic mass is 10.0. The van der Waals surface area contributed by atoms with Gasteiger partial charge in [0.2, 0.25) is 5.91 Å². The molecule has 0 aliphatic heterocycles. The molecule has 0 aliphatic carbocycles. The third-order valence-electron chi connectivity index (χ3n) is 3.71. The summed E-state index contributed by atoms with van der Waals surface area (Å²) >= 11 is 1.70. The van der Waals surface area contributed by atoms with E-state index in [0.29, 0.717) is 12.5 Å². The maximum Gasteiger partial charge on any atom is 0.240 e. The first-order valence-corrected chi connectivity index (χ1v) is 9.37. The van der Waals surface area contributed by atoms with Crippen LogP contribution in [0.5, 0.6) is 0 Å². The quantitative estimate of drug-likeness (QED) is 0.777. The molecule has 1 unspecified atom stereocenters. The summed E-state index contributed by atoms with van der Waals surface area (Å²) in [6.07, 6.45) is 2.93. The Morgan fingerprint density at radius 2 is 2.13 bits per heavy atom. The zero-order valence-electron chi connectivity index (χ0n) is 14.1. The van der Waals surface area contributed by atoms with Gasteiger partial charge in [0.15, 0.2) is 0 Å². The van der Waals surface area contributed by atoms with Crippen LogP contribution in [0.3, 0.4) is 0 Å². The van der Waals surface area contributed by atoms with E-state index in [4.69, 9.17) is 5.73 Å². The SMILES string of the molecule is CSCc1nc2ccccc2n1CC(=O)NC(CN)CC(C)C. The molecule has 0 radical (unpaired) electrons. The van der Waals surface area contributed by atoms with Crippen molar-refractivity contribution in [2.45, 2.75) is 38.6 Å². The number of nitrogens with zero attached hydrogens (tertiary/aromatic N) is 2. The Labute approximate surface area is 142 Å². The fourth-order valence-corrected chi connectivity index (χ4v) is 3.22. The smallest absolute Gasteiger partial charge is 0.240 e. The molecule has 0 bridgehead atoms. The van der Waals surface area contributed by atoms with Crippen LogP contribution in [0.2, 0.25) is 0 Å². The molecule has 2 aromatic rings. The number of para-hydroxylation sites is 2. The Kier molecular flexibility index (Phi) is 6.47. The Balaban J connectivity index is 2.16. The molecule has 1 amide bonds. The van der Waals surface area contributed by atoms with E-state index in [2.05, 4.69) is 24.1 Å². The van der Waals surface area contributed by atoms with Crippen molar-refractivity contribution in [1.82, 2.24) is 14.9 Å². The van der Waals surface area contributed by atoms with Crippen LogP contribution in [-0.4, -0.2) is 34.3 Å². The average Bonchev–Trinajstić information content (AvgIpc) is 2.84. The fraction of sp³-hybridized carbons (Fsp3) is 0.529. The van der Waals surface area contributed by atoms with E-state index in [-0.39, 0.29) is 18.5 Å². The minimum absolute atomic E-state index is 0.00777. The summed E-state index contributed by atoms with van der Waals surface area (Å²) < 4.78 is 2.00. The zero-order chi connectivity index (χ0) is 16.8. The van der Waals surface area contributed by atoms with Crippen LogP contribution in [0.15, 0.2) is 24.3 Å². The summed E-state index contributed by atoms with van der Waals surface area (Å²) in [7, 11) is 0. The topological polar surface area (TPSA) is 72.9 Å². The maximum absolute atomic E-state index is 12.4. The van der Waals surface area contributed by atoms with Crippen LogP contribution in [0.25, 0.3) is 11.0 Å². The van der Waals surface area contributed by atoms with Crippen molar-refractivity contribution in [3.05, 3.63) is 30.1 Å². The van der Waals surface area contributed by atoms with Crippen molar-refractivity contribution in [3.8, 4) is 0 Å². The number of hydrogen-bond acceptors (Lipinski definition) is 4. The van der Waals surface area contributed by atoms with Crippen molar-refractivity contribution in [3.63, 3.8) is 0 Å². The number of nitrogens with one attached hydrogen (secondary N) is 1. The number of carbonyl (C=O) groups is 1. The molecular formula is C17H26N4OS. The summed E-state index contributed by atoms with van der Waals surface area (Å²) in [5, 5.41) is 3.05. The van der Waals surface area contributed by atoms with Gasteiger partial charge < -0.3 is 15.6 Å². The van der Waals surface area contributed by atoms with Crippen molar-refractivity contribution in [2.75, 3.05) is 12.8 Å². The number of thioether (sulfide) groups is 1. The molecule has 1 aromatic heterocycles. The van der Waals surface area contributed by atoms with E-state index in [1.54, 1.807) is 11.8 Å². The highest BCUT2D eigenvalue weighted by atomic mass is 32.2. The van der Waals surface area contributed by atoms with Gasteiger partial charge in [-0.3, -0.25) is 4.79 Å². The number of rotatable bonds is 8. The van der Waals surface area contributed by atoms with Gasteiger partial charge in [-0.15, -0.1) is 0 Å². The van der Waals surface area contributed by atoms with Crippen molar-refractivity contribution >= 4 is 28.7 Å². The third-order valence-corrected chi connectivity index (χ3v) is 4.26. The summed E-state index contributed by atoms with van der Waals surface area (Å²) in [6, 6.07) is 7.96. The molecule has 1 atom stereocenters. The number of amides is 1. The molecule has 126 valence electrons. The molecule has 0 saturated heterocycles. The number of imidazole rings is 1. The molecule has 0 spiro atoms. The molecular weight excluding hydrogens is 308 g/mol. The Morgan fingerprint density at radius 1 is 1.39 bits per heavy atom. The summed E-state index contributed by atoms with van der Waals surface area (Å²) in [5.74, 6) is 2.22. The molecule has 0 saturated carbocycles. The molecule has 23 heavy (non-hydrogen) atoms. The molecule has 0 fully saturated rings. The summed E-state index contributed by atoms with van der Waals surface area (Å²) in [4.78, 5) is 17.1. The molecule has 6 heteroatoms. The van der Waals surface area contributed by atoms with Gasteiger partial charge in [0.25, 0.3) is 0 Å². The van der Waals surface area contributed by atoms with E-state index >= 15 is 0 Å². The summed E-state index contributed by atoms with van der Waals surface area (Å²) in [5.41, 5.74) is 7.71. The minimum atomic E-state index is -0.00777. The highest BCUT2D eigenvalue weighted by molar-refractivity contribution is 7.97. The van der Waals surface area contributed by atoms with E-state index in [1.165, 1.54) is 0 Å². The predicted octanol–water partition coefficient (Wildman–Crippen LogP) is 2.39. The molecule has 1 heterocycles. The number of benzene rings is 1. The Hall–Kier alpha value is -1.53. The van der Waals surface area contributed by atoms with Crippen LogP contribution in [0.4, 0.5) is 0 Å². The van der Waals surface area contributed by atoms with Gasteiger partial charge in [-0.2, -0.15) is 11.8 Å². The van der Waals surface area contributed by atoms with Crippen LogP contribution in [0.1, 0.15) is 26.1 Å². The number of aromatic nitrogens is 2. The van der Waals surface area contributed by atoms with E-state index in [0.717, 1.165) is 29.0 Å². The maximum atomic E-state index is 12.4. The van der Waals surface area contributed by atoms with Crippen LogP contribution < -0.4 is 11.1 Å². The zero-order valence-corrected chi connectivity index (χ0v) is 14.9. The van der Waals surface area contributed by atoms with Crippen molar-refractivity contribution < 1.29 is 4.79 Å². The van der Waals surface area contributed by atoms with Gasteiger partial charge >= 0.3 is 0 Å². The standard InChI is InChI=1S/C17H26N4OS/c1-12(2)8-13(9-18)19-17(22)10-21-15-7-5-4-6-14(15)20-16(21)11-23-3/h4-7,12-13H,8-11,18H2,1-3H3,(H,19,22). The summed E-state index contributed by atoms with van der Waals surface area (Å²) in [6.45, 7) is 5.01. The van der Waals surface area contributed by atoms with Crippen LogP contribution >= 0.6 is 11.8 Å². The lowest BCUT2D eigenvalue weighted by Gasteiger charge is -2.19. The minimum Gasteiger partial charge on any atom is -0.351 e. The fourth-order valence-electron chi connectivity index (χ4n) is 2.74. The van der Waals surface area contributed by atoms with Gasteiger partial charge in [0.1, 0.15) is 12.4 Å². The second-order valence-electron chi connectivity index (χ2n) is 6.17. The molecule has 2 rings (SSSR count). The van der Waals surface area contributed by atoms with Gasteiger partial charge in [-0.1, -0.05) is 26.0 Å². The molecule has 1 aromatic carbocycles. The van der Waals surface area contributed by atoms with Gasteiger partial charge in [0.05, 0.1) is 16.8 Å². The Morgan fingerprint density at radius 3 is 2.78 bits per heavy atom. The number of carbonyl (C=O) groups excluding carboxylic acids is 1. The Bertz CT molecular complexity index is 653. The van der Waals surface area contributed by atoms with E-state index in [1.807, 2.05) is 35.1 Å². The lowest BCUT2D eigenvalue weighted by molar-refractivity contribution is -0.122. The largest absolute Gasteiger partial charge is 0.351 e. The first kappa shape index (κ1) is 17.8. The van der Waals surface area contributed by atoms with Gasteiger partial charge in [-0.25, -0.2) is 4.98 Å². The third kappa shape index (κ3) is 4.72. The monoisotopic (exact) mass is 334 g/mol. The predicted molar refractivity (Wildman–Crippen MR) is 97.4 cm³/mol. The first-order valence-electron chi connectivity index (χ1n) is 7.97. The average molecular weight is 334 g/mol. The van der Waals surface area contributed by atoms with E-state index < -0.39 is 0 Å². The highest BCUT2D eigenvalue weighted by Crippen LogP contribution is 2.18. The second-order valence-corrected chi connectivity index (χ2v) is 7.03.